The highest BCUT2D eigenvalue weighted by molar-refractivity contribution is 7.15. The van der Waals surface area contributed by atoms with Gasteiger partial charge in [-0.2, -0.15) is 0 Å². The van der Waals surface area contributed by atoms with Crippen molar-refractivity contribution >= 4 is 16.3 Å². The van der Waals surface area contributed by atoms with Crippen molar-refractivity contribution in [1.29, 1.82) is 0 Å². The molecular formula is C14H24N2S. The van der Waals surface area contributed by atoms with E-state index in [1.54, 1.807) is 11.3 Å². The Kier molecular flexibility index (Phi) is 3.76. The van der Waals surface area contributed by atoms with Crippen molar-refractivity contribution in [3.05, 3.63) is 10.7 Å². The molecule has 0 bridgehead atoms. The lowest BCUT2D eigenvalue weighted by molar-refractivity contribution is 0.405. The van der Waals surface area contributed by atoms with Crippen molar-refractivity contribution in [3.8, 4) is 0 Å². The summed E-state index contributed by atoms with van der Waals surface area (Å²) in [5, 5.41) is 2.24. The van der Waals surface area contributed by atoms with E-state index in [0.29, 0.717) is 5.92 Å². The summed E-state index contributed by atoms with van der Waals surface area (Å²) in [4.78, 5) is 4.81. The van der Waals surface area contributed by atoms with Gasteiger partial charge in [-0.25, -0.2) is 4.98 Å². The molecule has 1 fully saturated rings. The van der Waals surface area contributed by atoms with Crippen LogP contribution >= 0.6 is 11.3 Å². The van der Waals surface area contributed by atoms with Crippen molar-refractivity contribution in [2.24, 2.45) is 5.41 Å². The highest BCUT2D eigenvalue weighted by atomic mass is 32.1. The maximum atomic E-state index is 6.11. The van der Waals surface area contributed by atoms with Crippen LogP contribution in [0.25, 0.3) is 0 Å². The van der Waals surface area contributed by atoms with Gasteiger partial charge in [-0.3, -0.25) is 0 Å². The average Bonchev–Trinajstić information content (AvgIpc) is 2.59. The fourth-order valence-electron chi connectivity index (χ4n) is 2.54. The van der Waals surface area contributed by atoms with Crippen molar-refractivity contribution in [1.82, 2.24) is 4.98 Å². The van der Waals surface area contributed by atoms with Gasteiger partial charge in [-0.05, 0) is 24.7 Å². The summed E-state index contributed by atoms with van der Waals surface area (Å²) in [5.41, 5.74) is 7.51. The first-order chi connectivity index (χ1) is 7.96. The molecule has 0 aliphatic heterocycles. The third kappa shape index (κ3) is 3.44. The molecule has 0 atom stereocenters. The smallest absolute Gasteiger partial charge is 0.109 e. The molecule has 17 heavy (non-hydrogen) atoms. The molecule has 1 aliphatic carbocycles. The normalized spacial score (nSPS) is 18.5. The summed E-state index contributed by atoms with van der Waals surface area (Å²) in [5.74, 6) is 0.685. The van der Waals surface area contributed by atoms with E-state index in [4.69, 9.17) is 10.7 Å². The van der Waals surface area contributed by atoms with Gasteiger partial charge >= 0.3 is 0 Å². The van der Waals surface area contributed by atoms with E-state index in [-0.39, 0.29) is 5.41 Å². The van der Waals surface area contributed by atoms with Gasteiger partial charge in [0.1, 0.15) is 5.00 Å². The maximum Gasteiger partial charge on any atom is 0.109 e. The molecule has 2 rings (SSSR count). The molecule has 0 unspecified atom stereocenters. The Hall–Kier alpha value is -0.570. The Morgan fingerprint density at radius 2 is 1.88 bits per heavy atom. The number of hydrogen-bond acceptors (Lipinski definition) is 3. The minimum Gasteiger partial charge on any atom is -0.389 e. The summed E-state index contributed by atoms with van der Waals surface area (Å²) in [7, 11) is 0. The van der Waals surface area contributed by atoms with Gasteiger partial charge in [0, 0.05) is 5.92 Å². The Bertz CT molecular complexity index is 370. The van der Waals surface area contributed by atoms with Crippen LogP contribution < -0.4 is 5.73 Å². The first-order valence-electron chi connectivity index (χ1n) is 6.71. The summed E-state index contributed by atoms with van der Waals surface area (Å²) >= 11 is 1.73. The van der Waals surface area contributed by atoms with E-state index in [1.807, 2.05) is 0 Å². The number of hydrogen-bond donors (Lipinski definition) is 1. The van der Waals surface area contributed by atoms with E-state index in [9.17, 15) is 0 Å². The second-order valence-electron chi connectivity index (χ2n) is 6.44. The molecule has 0 radical (unpaired) electrons. The van der Waals surface area contributed by atoms with Gasteiger partial charge in [0.25, 0.3) is 0 Å². The Labute approximate surface area is 109 Å². The standard InChI is InChI=1S/C14H24N2S/c1-14(2,3)9-11-12(15)17-13(16-11)10-7-5-4-6-8-10/h10H,4-9,15H2,1-3H3. The number of nitrogen functional groups attached to an aromatic ring is 1. The zero-order chi connectivity index (χ0) is 12.5. The predicted molar refractivity (Wildman–Crippen MR) is 75.5 cm³/mol. The molecule has 2 nitrogen and oxygen atoms in total. The van der Waals surface area contributed by atoms with E-state index in [2.05, 4.69) is 20.8 Å². The van der Waals surface area contributed by atoms with Gasteiger partial charge in [0.05, 0.1) is 10.7 Å². The van der Waals surface area contributed by atoms with Crippen LogP contribution in [0.4, 0.5) is 5.00 Å². The minimum atomic E-state index is 0.270. The van der Waals surface area contributed by atoms with Crippen LogP contribution in [0.15, 0.2) is 0 Å². The second kappa shape index (κ2) is 4.97. The SMILES string of the molecule is CC(C)(C)Cc1nc(C2CCCCC2)sc1N. The molecule has 3 heteroatoms. The largest absolute Gasteiger partial charge is 0.389 e. The van der Waals surface area contributed by atoms with Gasteiger partial charge in [-0.1, -0.05) is 40.0 Å². The molecular weight excluding hydrogens is 228 g/mol. The Morgan fingerprint density at radius 3 is 2.47 bits per heavy atom. The van der Waals surface area contributed by atoms with Crippen molar-refractivity contribution in [3.63, 3.8) is 0 Å². The Morgan fingerprint density at radius 1 is 1.24 bits per heavy atom. The van der Waals surface area contributed by atoms with Crippen LogP contribution in [0.5, 0.6) is 0 Å². The third-order valence-electron chi connectivity index (χ3n) is 3.40. The van der Waals surface area contributed by atoms with Gasteiger partial charge in [0.2, 0.25) is 0 Å². The fourth-order valence-corrected chi connectivity index (χ4v) is 3.55. The van der Waals surface area contributed by atoms with E-state index < -0.39 is 0 Å². The molecule has 1 aliphatic rings. The number of nitrogens with two attached hydrogens (primary N) is 1. The van der Waals surface area contributed by atoms with Crippen molar-refractivity contribution in [2.45, 2.75) is 65.2 Å². The molecule has 0 amide bonds. The van der Waals surface area contributed by atoms with Crippen molar-refractivity contribution in [2.75, 3.05) is 5.73 Å². The van der Waals surface area contributed by atoms with E-state index in [1.165, 1.54) is 37.1 Å². The molecule has 0 spiro atoms. The Balaban J connectivity index is 2.12. The van der Waals surface area contributed by atoms with Crippen LogP contribution in [0.2, 0.25) is 0 Å². The first-order valence-corrected chi connectivity index (χ1v) is 7.52. The van der Waals surface area contributed by atoms with Crippen LogP contribution in [0.3, 0.4) is 0 Å². The lowest BCUT2D eigenvalue weighted by Gasteiger charge is -2.19. The second-order valence-corrected chi connectivity index (χ2v) is 7.50. The molecule has 96 valence electrons. The number of aromatic nitrogens is 1. The van der Waals surface area contributed by atoms with E-state index in [0.717, 1.165) is 17.1 Å². The molecule has 1 aromatic heterocycles. The lowest BCUT2D eigenvalue weighted by atomic mass is 9.89. The van der Waals surface area contributed by atoms with Crippen LogP contribution in [0, 0.1) is 5.41 Å². The first kappa shape index (κ1) is 12.9. The summed E-state index contributed by atoms with van der Waals surface area (Å²) in [6, 6.07) is 0. The highest BCUT2D eigenvalue weighted by Gasteiger charge is 2.22. The van der Waals surface area contributed by atoms with Gasteiger partial charge in [0.15, 0.2) is 0 Å². The average molecular weight is 252 g/mol. The van der Waals surface area contributed by atoms with Gasteiger partial charge < -0.3 is 5.73 Å². The van der Waals surface area contributed by atoms with Crippen molar-refractivity contribution < 1.29 is 0 Å². The molecule has 1 heterocycles. The minimum absolute atomic E-state index is 0.270. The molecule has 0 saturated heterocycles. The fraction of sp³-hybridized carbons (Fsp3) is 0.786. The molecule has 1 aromatic rings. The summed E-state index contributed by atoms with van der Waals surface area (Å²) in [6.45, 7) is 6.73. The number of thiazole rings is 1. The van der Waals surface area contributed by atoms with Crippen LogP contribution in [0.1, 0.15) is 69.5 Å². The topological polar surface area (TPSA) is 38.9 Å². The zero-order valence-electron chi connectivity index (χ0n) is 11.3. The van der Waals surface area contributed by atoms with Crippen LogP contribution in [-0.4, -0.2) is 4.98 Å². The highest BCUT2D eigenvalue weighted by Crippen LogP contribution is 2.38. The lowest BCUT2D eigenvalue weighted by Crippen LogP contribution is -2.11. The number of nitrogens with zero attached hydrogens (tertiary/aromatic N) is 1. The van der Waals surface area contributed by atoms with Crippen LogP contribution in [-0.2, 0) is 6.42 Å². The maximum absolute atomic E-state index is 6.11. The zero-order valence-corrected chi connectivity index (χ0v) is 12.1. The predicted octanol–water partition coefficient (Wildman–Crippen LogP) is 4.36. The third-order valence-corrected chi connectivity index (χ3v) is 4.49. The van der Waals surface area contributed by atoms with Gasteiger partial charge in [-0.15, -0.1) is 11.3 Å². The monoisotopic (exact) mass is 252 g/mol. The molecule has 2 N–H and O–H groups in total. The molecule has 0 aromatic carbocycles. The quantitative estimate of drug-likeness (QED) is 0.849. The number of anilines is 1. The van der Waals surface area contributed by atoms with E-state index >= 15 is 0 Å². The summed E-state index contributed by atoms with van der Waals surface area (Å²) < 4.78 is 0. The summed E-state index contributed by atoms with van der Waals surface area (Å²) in [6.07, 6.45) is 7.72. The molecule has 1 saturated carbocycles. The number of rotatable bonds is 2.